The molecule has 0 N–H and O–H groups in total. The zero-order valence-electron chi connectivity index (χ0n) is 28.4. The Kier molecular flexibility index (Phi) is 12.9. The highest BCUT2D eigenvalue weighted by Gasteiger charge is 2.31. The molecule has 256 valence electrons. The standard InChI is InChI=1S/C39H49NO7Si/c1-48(2,3)23-22-44-29-47-37-25-31(24-33-12-7-8-13-35(33)37)28-46-38-26-40(39(41)42)19-18-36(38)32-14-16-34(17-15-32)45-21-9-20-43-27-30-10-5-4-6-11-30/h4-8,10-17,24-25,36,38H,9,18-23,26-29H2,1-3H3,(H,41,42)/p-1. The summed E-state index contributed by atoms with van der Waals surface area (Å²) in [5.74, 6) is 1.56. The normalized spacial score (nSPS) is 16.6. The minimum atomic E-state index is -1.18. The van der Waals surface area contributed by atoms with Crippen LogP contribution in [0, 0.1) is 0 Å². The van der Waals surface area contributed by atoms with E-state index in [1.54, 1.807) is 0 Å². The maximum atomic E-state index is 11.8. The largest absolute Gasteiger partial charge is 0.530 e. The Bertz CT molecular complexity index is 1580. The van der Waals surface area contributed by atoms with E-state index in [4.69, 9.17) is 23.7 Å². The van der Waals surface area contributed by atoms with Gasteiger partial charge < -0.3 is 38.5 Å². The van der Waals surface area contributed by atoms with Gasteiger partial charge in [0, 0.05) is 45.5 Å². The molecule has 48 heavy (non-hydrogen) atoms. The Balaban J connectivity index is 1.17. The fourth-order valence-electron chi connectivity index (χ4n) is 5.84. The van der Waals surface area contributed by atoms with Crippen LogP contribution in [-0.4, -0.2) is 64.9 Å². The summed E-state index contributed by atoms with van der Waals surface area (Å²) in [7, 11) is -1.18. The van der Waals surface area contributed by atoms with Gasteiger partial charge in [-0.1, -0.05) is 86.4 Å². The molecular weight excluding hydrogens is 623 g/mol. The topological polar surface area (TPSA) is 89.5 Å². The third-order valence-electron chi connectivity index (χ3n) is 8.58. The number of carbonyl (C=O) groups is 1. The molecule has 4 aromatic rings. The molecule has 5 rings (SSSR count). The monoisotopic (exact) mass is 670 g/mol. The molecule has 1 aliphatic heterocycles. The van der Waals surface area contributed by atoms with Crippen molar-refractivity contribution in [1.82, 2.24) is 4.90 Å². The Hall–Kier alpha value is -3.89. The van der Waals surface area contributed by atoms with E-state index in [2.05, 4.69) is 56.0 Å². The van der Waals surface area contributed by atoms with Gasteiger partial charge in [0.2, 0.25) is 0 Å². The van der Waals surface area contributed by atoms with Crippen molar-refractivity contribution in [1.29, 1.82) is 0 Å². The highest BCUT2D eigenvalue weighted by molar-refractivity contribution is 6.76. The van der Waals surface area contributed by atoms with Crippen LogP contribution in [0.25, 0.3) is 10.8 Å². The number of likely N-dealkylation sites (tertiary alicyclic amines) is 1. The smallest absolute Gasteiger partial charge is 0.189 e. The van der Waals surface area contributed by atoms with Crippen LogP contribution in [-0.2, 0) is 27.4 Å². The lowest BCUT2D eigenvalue weighted by atomic mass is 9.87. The first-order valence-corrected chi connectivity index (χ1v) is 20.6. The fraction of sp³-hybridized carbons (Fsp3) is 0.410. The lowest BCUT2D eigenvalue weighted by Gasteiger charge is -2.40. The number of nitrogens with zero attached hydrogens (tertiary/aromatic N) is 1. The van der Waals surface area contributed by atoms with E-state index in [1.807, 2.05) is 54.6 Å². The van der Waals surface area contributed by atoms with Crippen molar-refractivity contribution >= 4 is 24.9 Å². The lowest BCUT2D eigenvalue weighted by molar-refractivity contribution is -0.268. The van der Waals surface area contributed by atoms with Crippen molar-refractivity contribution in [2.75, 3.05) is 39.7 Å². The molecule has 1 fully saturated rings. The van der Waals surface area contributed by atoms with Crippen LogP contribution < -0.4 is 14.6 Å². The molecule has 1 amide bonds. The molecule has 0 aromatic heterocycles. The molecule has 0 saturated carbocycles. The van der Waals surface area contributed by atoms with Gasteiger partial charge in [-0.05, 0) is 58.8 Å². The third-order valence-corrected chi connectivity index (χ3v) is 10.3. The second-order valence-electron chi connectivity index (χ2n) is 13.6. The maximum absolute atomic E-state index is 11.8. The second kappa shape index (κ2) is 17.5. The SMILES string of the molecule is C[Si](C)(C)CCOCOc1cc(COC2CN(C(=O)[O-])CCC2c2ccc(OCCCOCc3ccccc3)cc2)cc2ccccc12. The van der Waals surface area contributed by atoms with Gasteiger partial charge >= 0.3 is 0 Å². The summed E-state index contributed by atoms with van der Waals surface area (Å²) in [6.45, 7) is 10.6. The van der Waals surface area contributed by atoms with Crippen molar-refractivity contribution in [3.05, 3.63) is 108 Å². The van der Waals surface area contributed by atoms with E-state index in [-0.39, 0.29) is 25.4 Å². The molecule has 2 unspecified atom stereocenters. The summed E-state index contributed by atoms with van der Waals surface area (Å²) in [6.07, 6.45) is -0.0855. The van der Waals surface area contributed by atoms with Crippen molar-refractivity contribution in [2.24, 2.45) is 0 Å². The summed E-state index contributed by atoms with van der Waals surface area (Å²) >= 11 is 0. The van der Waals surface area contributed by atoms with Gasteiger partial charge in [0.05, 0.1) is 32.5 Å². The summed E-state index contributed by atoms with van der Waals surface area (Å²) in [6, 6.07) is 31.5. The predicted octanol–water partition coefficient (Wildman–Crippen LogP) is 7.23. The van der Waals surface area contributed by atoms with E-state index < -0.39 is 14.2 Å². The van der Waals surface area contributed by atoms with Crippen LogP contribution >= 0.6 is 0 Å². The average Bonchev–Trinajstić information content (AvgIpc) is 3.08. The van der Waals surface area contributed by atoms with E-state index >= 15 is 0 Å². The Morgan fingerprint density at radius 3 is 2.38 bits per heavy atom. The van der Waals surface area contributed by atoms with E-state index in [0.29, 0.717) is 46.0 Å². The molecular formula is C39H48NO7Si-. The molecule has 0 bridgehead atoms. The van der Waals surface area contributed by atoms with Crippen LogP contribution in [0.1, 0.15) is 35.4 Å². The molecule has 0 spiro atoms. The molecule has 1 aliphatic rings. The first-order valence-electron chi connectivity index (χ1n) is 16.9. The highest BCUT2D eigenvalue weighted by atomic mass is 28.3. The summed E-state index contributed by atoms with van der Waals surface area (Å²) < 4.78 is 30.1. The summed E-state index contributed by atoms with van der Waals surface area (Å²) in [5, 5.41) is 13.9. The summed E-state index contributed by atoms with van der Waals surface area (Å²) in [5.41, 5.74) is 3.20. The van der Waals surface area contributed by atoms with Gasteiger partial charge in [-0.25, -0.2) is 0 Å². The van der Waals surface area contributed by atoms with Crippen LogP contribution in [0.5, 0.6) is 11.5 Å². The Morgan fingerprint density at radius 2 is 1.60 bits per heavy atom. The lowest BCUT2D eigenvalue weighted by Crippen LogP contribution is -2.51. The third kappa shape index (κ3) is 10.8. The number of rotatable bonds is 17. The zero-order chi connectivity index (χ0) is 33.8. The fourth-order valence-corrected chi connectivity index (χ4v) is 6.60. The molecule has 8 nitrogen and oxygen atoms in total. The molecule has 0 radical (unpaired) electrons. The van der Waals surface area contributed by atoms with Crippen LogP contribution in [0.15, 0.2) is 91.0 Å². The van der Waals surface area contributed by atoms with Gasteiger partial charge in [0.25, 0.3) is 0 Å². The number of ether oxygens (including phenoxy) is 5. The van der Waals surface area contributed by atoms with Crippen molar-refractivity contribution in [3.8, 4) is 11.5 Å². The number of hydrogen-bond donors (Lipinski definition) is 0. The molecule has 9 heteroatoms. The van der Waals surface area contributed by atoms with E-state index in [1.165, 1.54) is 4.90 Å². The number of benzene rings is 4. The van der Waals surface area contributed by atoms with Crippen LogP contribution in [0.4, 0.5) is 4.79 Å². The average molecular weight is 671 g/mol. The van der Waals surface area contributed by atoms with Gasteiger partial charge in [-0.15, -0.1) is 0 Å². The molecule has 4 aromatic carbocycles. The van der Waals surface area contributed by atoms with Crippen molar-refractivity contribution in [3.63, 3.8) is 0 Å². The van der Waals surface area contributed by atoms with Crippen molar-refractivity contribution in [2.45, 2.75) is 63.8 Å². The van der Waals surface area contributed by atoms with Gasteiger partial charge in [-0.3, -0.25) is 0 Å². The quantitative estimate of drug-likeness (QED) is 0.0665. The number of amides is 1. The number of hydrogen-bond acceptors (Lipinski definition) is 7. The maximum Gasteiger partial charge on any atom is 0.189 e. The van der Waals surface area contributed by atoms with Crippen LogP contribution in [0.2, 0.25) is 25.7 Å². The van der Waals surface area contributed by atoms with Crippen molar-refractivity contribution < 1.29 is 33.6 Å². The van der Waals surface area contributed by atoms with Crippen LogP contribution in [0.3, 0.4) is 0 Å². The highest BCUT2D eigenvalue weighted by Crippen LogP contribution is 2.33. The summed E-state index contributed by atoms with van der Waals surface area (Å²) in [4.78, 5) is 13.1. The first-order chi connectivity index (χ1) is 23.2. The molecule has 2 atom stereocenters. The van der Waals surface area contributed by atoms with Gasteiger partial charge in [-0.2, -0.15) is 0 Å². The second-order valence-corrected chi connectivity index (χ2v) is 19.2. The van der Waals surface area contributed by atoms with E-state index in [0.717, 1.165) is 51.4 Å². The Morgan fingerprint density at radius 1 is 0.833 bits per heavy atom. The first kappa shape index (κ1) is 35.4. The minimum Gasteiger partial charge on any atom is -0.530 e. The number of carboxylic acid groups (broad SMARTS) is 1. The van der Waals surface area contributed by atoms with Gasteiger partial charge in [0.15, 0.2) is 6.79 Å². The van der Waals surface area contributed by atoms with Gasteiger partial charge in [0.1, 0.15) is 17.6 Å². The van der Waals surface area contributed by atoms with E-state index in [9.17, 15) is 9.90 Å². The number of piperidine rings is 1. The zero-order valence-corrected chi connectivity index (χ0v) is 29.4. The molecule has 1 heterocycles. The Labute approximate surface area is 285 Å². The number of carbonyl (C=O) groups excluding carboxylic acids is 1. The molecule has 1 saturated heterocycles. The molecule has 0 aliphatic carbocycles. The minimum absolute atomic E-state index is 0.0250. The predicted molar refractivity (Wildman–Crippen MR) is 189 cm³/mol. The number of fused-ring (bicyclic) bond motifs is 1.